The van der Waals surface area contributed by atoms with E-state index >= 15 is 0 Å². The van der Waals surface area contributed by atoms with Crippen LogP contribution in [0.1, 0.15) is 0 Å². The van der Waals surface area contributed by atoms with Gasteiger partial charge in [0.25, 0.3) is 0 Å². The Kier molecular flexibility index (Phi) is 5.61. The Labute approximate surface area is 98.2 Å². The van der Waals surface area contributed by atoms with Crippen LogP contribution in [0.2, 0.25) is 0 Å². The number of rotatable bonds is 2. The van der Waals surface area contributed by atoms with Crippen molar-refractivity contribution in [2.75, 3.05) is 14.1 Å². The molecule has 5 nitrogen and oxygen atoms in total. The number of hydrogen-bond acceptors (Lipinski definition) is 3. The summed E-state index contributed by atoms with van der Waals surface area (Å²) in [6, 6.07) is 1.63. The van der Waals surface area contributed by atoms with Crippen LogP contribution < -0.4 is 35.2 Å². The topological polar surface area (TPSA) is 61.4 Å². The normalized spacial score (nSPS) is 9.69. The predicted molar refractivity (Wildman–Crippen MR) is 46.7 cm³/mol. The quantitative estimate of drug-likeness (QED) is 0.306. The zero-order chi connectivity index (χ0) is 8.97. The Morgan fingerprint density at radius 3 is 2.85 bits per heavy atom. The first-order valence-electron chi connectivity index (χ1n) is 3.44. The molecule has 13 heavy (non-hydrogen) atoms. The molecule has 1 aromatic rings. The number of hydrogen-bond donors (Lipinski definition) is 1. The SMILES string of the molecule is CN(C)/C=N\c1ccnc(=O)[nH]1.[Na+]. The zero-order valence-electron chi connectivity index (χ0n) is 7.98. The molecule has 1 rings (SSSR count). The first-order valence-corrected chi connectivity index (χ1v) is 3.44. The predicted octanol–water partition coefficient (Wildman–Crippen LogP) is -3.00. The van der Waals surface area contributed by atoms with Gasteiger partial charge in [-0.15, -0.1) is 0 Å². The summed E-state index contributed by atoms with van der Waals surface area (Å²) in [4.78, 5) is 22.4. The molecule has 64 valence electrons. The Balaban J connectivity index is 0.00000144. The number of aromatic nitrogens is 2. The molecule has 0 fully saturated rings. The van der Waals surface area contributed by atoms with Crippen molar-refractivity contribution in [2.45, 2.75) is 0 Å². The van der Waals surface area contributed by atoms with Gasteiger partial charge < -0.3 is 4.90 Å². The van der Waals surface area contributed by atoms with Gasteiger partial charge in [-0.25, -0.2) is 14.8 Å². The number of aliphatic imine (C=N–C) groups is 1. The van der Waals surface area contributed by atoms with Crippen LogP contribution in [0.15, 0.2) is 22.1 Å². The minimum atomic E-state index is -0.386. The second-order valence-electron chi connectivity index (χ2n) is 2.47. The van der Waals surface area contributed by atoms with Crippen LogP contribution in [-0.2, 0) is 0 Å². The van der Waals surface area contributed by atoms with Crippen LogP contribution in [0.25, 0.3) is 0 Å². The number of nitrogens with zero attached hydrogens (tertiary/aromatic N) is 3. The van der Waals surface area contributed by atoms with Crippen molar-refractivity contribution in [2.24, 2.45) is 4.99 Å². The van der Waals surface area contributed by atoms with Crippen molar-refractivity contribution >= 4 is 12.2 Å². The van der Waals surface area contributed by atoms with Gasteiger partial charge in [-0.2, -0.15) is 0 Å². The minimum Gasteiger partial charge on any atom is -0.369 e. The Hall–Kier alpha value is -0.650. The smallest absolute Gasteiger partial charge is 0.369 e. The molecular weight excluding hydrogens is 179 g/mol. The molecule has 1 aromatic heterocycles. The summed E-state index contributed by atoms with van der Waals surface area (Å²) in [7, 11) is 3.70. The van der Waals surface area contributed by atoms with E-state index in [9.17, 15) is 4.79 Å². The molecule has 1 heterocycles. The Morgan fingerprint density at radius 1 is 1.62 bits per heavy atom. The van der Waals surface area contributed by atoms with E-state index in [2.05, 4.69) is 15.0 Å². The standard InChI is InChI=1S/C7H10N4O.Na/c1-11(2)5-9-6-3-4-8-7(12)10-6;/h3-5H,1-2H3,(H,8,10,12);/q;+1/b9-5-;. The summed E-state index contributed by atoms with van der Waals surface area (Å²) < 4.78 is 0. The summed E-state index contributed by atoms with van der Waals surface area (Å²) in [6.45, 7) is 0. The van der Waals surface area contributed by atoms with Crippen LogP contribution in [0.4, 0.5) is 5.82 Å². The first-order chi connectivity index (χ1) is 5.68. The van der Waals surface area contributed by atoms with Gasteiger partial charge in [0.05, 0.1) is 6.34 Å². The Morgan fingerprint density at radius 2 is 2.31 bits per heavy atom. The van der Waals surface area contributed by atoms with E-state index in [1.54, 1.807) is 17.3 Å². The molecule has 0 aromatic carbocycles. The van der Waals surface area contributed by atoms with Gasteiger partial charge in [-0.1, -0.05) is 0 Å². The van der Waals surface area contributed by atoms with Crippen LogP contribution in [0, 0.1) is 0 Å². The maximum Gasteiger partial charge on any atom is 1.00 e. The first kappa shape index (κ1) is 12.3. The van der Waals surface area contributed by atoms with Gasteiger partial charge in [0.1, 0.15) is 5.82 Å². The largest absolute Gasteiger partial charge is 1.00 e. The van der Waals surface area contributed by atoms with Gasteiger partial charge in [0, 0.05) is 20.3 Å². The molecule has 0 atom stereocenters. The third-order valence-electron chi connectivity index (χ3n) is 1.09. The van der Waals surface area contributed by atoms with Crippen molar-refractivity contribution in [3.05, 3.63) is 22.7 Å². The zero-order valence-corrected chi connectivity index (χ0v) is 9.98. The molecule has 6 heteroatoms. The molecule has 0 bridgehead atoms. The van der Waals surface area contributed by atoms with Crippen LogP contribution in [0.3, 0.4) is 0 Å². The summed E-state index contributed by atoms with van der Waals surface area (Å²) in [5.74, 6) is 0.503. The van der Waals surface area contributed by atoms with Crippen molar-refractivity contribution < 1.29 is 29.6 Å². The molecule has 0 saturated heterocycles. The fourth-order valence-electron chi connectivity index (χ4n) is 0.612. The van der Waals surface area contributed by atoms with Crippen LogP contribution in [0.5, 0.6) is 0 Å². The summed E-state index contributed by atoms with van der Waals surface area (Å²) in [5, 5.41) is 0. The van der Waals surface area contributed by atoms with Gasteiger partial charge >= 0.3 is 35.2 Å². The summed E-state index contributed by atoms with van der Waals surface area (Å²) in [6.07, 6.45) is 3.02. The summed E-state index contributed by atoms with van der Waals surface area (Å²) in [5.41, 5.74) is -0.386. The average Bonchev–Trinajstić information content (AvgIpc) is 2.01. The molecule has 0 radical (unpaired) electrons. The van der Waals surface area contributed by atoms with Gasteiger partial charge in [-0.05, 0) is 6.07 Å². The molecule has 0 aliphatic carbocycles. The molecule has 0 unspecified atom stereocenters. The van der Waals surface area contributed by atoms with Crippen molar-refractivity contribution in [3.63, 3.8) is 0 Å². The second kappa shape index (κ2) is 5.90. The Bertz CT molecular complexity index is 333. The number of H-pyrrole nitrogens is 1. The van der Waals surface area contributed by atoms with E-state index in [4.69, 9.17) is 0 Å². The van der Waals surface area contributed by atoms with Crippen molar-refractivity contribution in [3.8, 4) is 0 Å². The average molecular weight is 189 g/mol. The maximum atomic E-state index is 10.7. The van der Waals surface area contributed by atoms with Gasteiger partial charge in [-0.3, -0.25) is 4.98 Å². The van der Waals surface area contributed by atoms with Gasteiger partial charge in [0.2, 0.25) is 0 Å². The van der Waals surface area contributed by atoms with Crippen LogP contribution in [-0.4, -0.2) is 35.3 Å². The minimum absolute atomic E-state index is 0. The third-order valence-corrected chi connectivity index (χ3v) is 1.09. The second-order valence-corrected chi connectivity index (χ2v) is 2.47. The van der Waals surface area contributed by atoms with Crippen LogP contribution >= 0.6 is 0 Å². The van der Waals surface area contributed by atoms with E-state index in [0.29, 0.717) is 5.82 Å². The number of aromatic amines is 1. The molecule has 0 amide bonds. The maximum absolute atomic E-state index is 10.7. The monoisotopic (exact) mass is 189 g/mol. The fraction of sp³-hybridized carbons (Fsp3) is 0.286. The van der Waals surface area contributed by atoms with Crippen molar-refractivity contribution in [1.29, 1.82) is 0 Å². The van der Waals surface area contributed by atoms with E-state index in [1.165, 1.54) is 6.20 Å². The molecule has 0 saturated carbocycles. The van der Waals surface area contributed by atoms with E-state index in [0.717, 1.165) is 0 Å². The van der Waals surface area contributed by atoms with E-state index in [-0.39, 0.29) is 35.2 Å². The van der Waals surface area contributed by atoms with Crippen molar-refractivity contribution in [1.82, 2.24) is 14.9 Å². The molecule has 0 spiro atoms. The van der Waals surface area contributed by atoms with E-state index in [1.807, 2.05) is 14.1 Å². The molecule has 1 N–H and O–H groups in total. The third kappa shape index (κ3) is 4.82. The fourth-order valence-corrected chi connectivity index (χ4v) is 0.612. The molecule has 0 aliphatic heterocycles. The molecular formula is C7H10N4NaO+. The summed E-state index contributed by atoms with van der Waals surface area (Å²) >= 11 is 0. The van der Waals surface area contributed by atoms with Gasteiger partial charge in [0.15, 0.2) is 0 Å². The number of nitrogens with one attached hydrogen (secondary N) is 1. The molecule has 0 aliphatic rings. The van der Waals surface area contributed by atoms with E-state index < -0.39 is 0 Å².